The number of carbonyl (C=O) groups is 1. The summed E-state index contributed by atoms with van der Waals surface area (Å²) in [6, 6.07) is 2.82. The summed E-state index contributed by atoms with van der Waals surface area (Å²) in [6.45, 7) is 4.19. The number of nitrogens with two attached hydrogens (primary N) is 1. The number of carbonyl (C=O) groups excluding carboxylic acids is 1. The predicted molar refractivity (Wildman–Crippen MR) is 116 cm³/mol. The van der Waals surface area contributed by atoms with Gasteiger partial charge in [-0.1, -0.05) is 32.1 Å². The molecule has 1 amide bonds. The van der Waals surface area contributed by atoms with Crippen LogP contribution >= 0.6 is 0 Å². The molecular weight excluding hydrogens is 364 g/mol. The van der Waals surface area contributed by atoms with Gasteiger partial charge in [-0.05, 0) is 45.1 Å². The first-order valence-electron chi connectivity index (χ1n) is 11.6. The van der Waals surface area contributed by atoms with Crippen molar-refractivity contribution in [2.45, 2.75) is 82.7 Å². The average Bonchev–Trinajstić information content (AvgIpc) is 3.04. The third-order valence-corrected chi connectivity index (χ3v) is 6.77. The second kappa shape index (κ2) is 9.74. The Morgan fingerprint density at radius 2 is 1.66 bits per heavy atom. The van der Waals surface area contributed by atoms with Gasteiger partial charge in [0.25, 0.3) is 5.91 Å². The van der Waals surface area contributed by atoms with Crippen LogP contribution in [0.1, 0.15) is 81.1 Å². The van der Waals surface area contributed by atoms with Crippen molar-refractivity contribution in [3.63, 3.8) is 0 Å². The molecule has 1 aliphatic carbocycles. The van der Waals surface area contributed by atoms with Gasteiger partial charge < -0.3 is 16.0 Å². The number of likely N-dealkylation sites (tertiary alicyclic amines) is 1. The van der Waals surface area contributed by atoms with Gasteiger partial charge in [0.2, 0.25) is 5.95 Å². The molecule has 1 saturated carbocycles. The summed E-state index contributed by atoms with van der Waals surface area (Å²) in [4.78, 5) is 26.1. The number of primary amides is 1. The zero-order valence-electron chi connectivity index (χ0n) is 17.6. The highest BCUT2D eigenvalue weighted by atomic mass is 16.1. The molecule has 3 fully saturated rings. The standard InChI is InChI=1S/C22H36N6O/c23-21(29)19-15-20(27-12-6-1-2-7-13-27)26-22(25-19)24-17-9-8-14-28(16-17)18-10-4-3-5-11-18/h15,17-18H,1-14,16H2,(H2,23,29)(H,24,25,26). The van der Waals surface area contributed by atoms with Gasteiger partial charge in [-0.25, -0.2) is 4.98 Å². The van der Waals surface area contributed by atoms with Crippen LogP contribution in [-0.2, 0) is 0 Å². The van der Waals surface area contributed by atoms with Crippen LogP contribution in [0.2, 0.25) is 0 Å². The Morgan fingerprint density at radius 1 is 0.931 bits per heavy atom. The van der Waals surface area contributed by atoms with Gasteiger partial charge in [-0.3, -0.25) is 9.69 Å². The summed E-state index contributed by atoms with van der Waals surface area (Å²) in [5.41, 5.74) is 5.89. The number of hydrogen-bond acceptors (Lipinski definition) is 6. The van der Waals surface area contributed by atoms with Gasteiger partial charge >= 0.3 is 0 Å². The molecule has 1 unspecified atom stereocenters. The van der Waals surface area contributed by atoms with Crippen molar-refractivity contribution in [2.24, 2.45) is 5.73 Å². The van der Waals surface area contributed by atoms with Crippen molar-refractivity contribution in [1.29, 1.82) is 0 Å². The average molecular weight is 401 g/mol. The van der Waals surface area contributed by atoms with Crippen LogP contribution in [0, 0.1) is 0 Å². The molecule has 3 heterocycles. The third-order valence-electron chi connectivity index (χ3n) is 6.77. The van der Waals surface area contributed by atoms with E-state index in [1.807, 2.05) is 0 Å². The van der Waals surface area contributed by atoms with Crippen LogP contribution in [0.25, 0.3) is 0 Å². The monoisotopic (exact) mass is 400 g/mol. The second-order valence-electron chi connectivity index (χ2n) is 8.97. The van der Waals surface area contributed by atoms with Gasteiger partial charge in [0, 0.05) is 37.8 Å². The minimum absolute atomic E-state index is 0.307. The Kier molecular flexibility index (Phi) is 6.85. The maximum atomic E-state index is 11.9. The molecule has 3 N–H and O–H groups in total. The summed E-state index contributed by atoms with van der Waals surface area (Å²) in [6.07, 6.45) is 13.9. The zero-order valence-corrected chi connectivity index (χ0v) is 17.6. The number of amides is 1. The minimum atomic E-state index is -0.487. The van der Waals surface area contributed by atoms with E-state index in [2.05, 4.69) is 20.1 Å². The van der Waals surface area contributed by atoms with Crippen LogP contribution in [0.5, 0.6) is 0 Å². The lowest BCUT2D eigenvalue weighted by Crippen LogP contribution is -2.48. The van der Waals surface area contributed by atoms with Crippen molar-refractivity contribution >= 4 is 17.7 Å². The molecule has 0 radical (unpaired) electrons. The number of piperidine rings is 1. The Morgan fingerprint density at radius 3 is 2.38 bits per heavy atom. The van der Waals surface area contributed by atoms with Gasteiger partial charge in [-0.15, -0.1) is 0 Å². The molecule has 29 heavy (non-hydrogen) atoms. The lowest BCUT2D eigenvalue weighted by molar-refractivity contribution is 0.0995. The van der Waals surface area contributed by atoms with E-state index in [4.69, 9.17) is 10.7 Å². The van der Waals surface area contributed by atoms with Gasteiger partial charge in [0.15, 0.2) is 0 Å². The fourth-order valence-electron chi connectivity index (χ4n) is 5.17. The molecule has 7 heteroatoms. The minimum Gasteiger partial charge on any atom is -0.364 e. The number of aromatic nitrogens is 2. The number of hydrogen-bond donors (Lipinski definition) is 2. The Bertz CT molecular complexity index is 682. The van der Waals surface area contributed by atoms with E-state index in [1.54, 1.807) is 6.07 Å². The molecular formula is C22H36N6O. The molecule has 7 nitrogen and oxygen atoms in total. The van der Waals surface area contributed by atoms with Crippen LogP contribution in [0.3, 0.4) is 0 Å². The van der Waals surface area contributed by atoms with Crippen molar-refractivity contribution in [2.75, 3.05) is 36.4 Å². The molecule has 1 aromatic rings. The molecule has 4 rings (SSSR count). The molecule has 0 bridgehead atoms. The van der Waals surface area contributed by atoms with E-state index in [9.17, 15) is 4.79 Å². The largest absolute Gasteiger partial charge is 0.364 e. The summed E-state index contributed by atoms with van der Waals surface area (Å²) in [5, 5.41) is 3.54. The molecule has 1 atom stereocenters. The second-order valence-corrected chi connectivity index (χ2v) is 8.97. The maximum Gasteiger partial charge on any atom is 0.267 e. The highest BCUT2D eigenvalue weighted by Crippen LogP contribution is 2.26. The Balaban J connectivity index is 1.47. The predicted octanol–water partition coefficient (Wildman–Crippen LogP) is 3.16. The van der Waals surface area contributed by atoms with E-state index in [-0.39, 0.29) is 0 Å². The van der Waals surface area contributed by atoms with E-state index >= 15 is 0 Å². The number of anilines is 2. The Labute approximate surface area is 174 Å². The van der Waals surface area contributed by atoms with Crippen LogP contribution < -0.4 is 16.0 Å². The molecule has 1 aromatic heterocycles. The Hall–Kier alpha value is -1.89. The number of nitrogens with zero attached hydrogens (tertiary/aromatic N) is 4. The van der Waals surface area contributed by atoms with E-state index in [1.165, 1.54) is 57.9 Å². The van der Waals surface area contributed by atoms with Crippen molar-refractivity contribution in [1.82, 2.24) is 14.9 Å². The topological polar surface area (TPSA) is 87.4 Å². The summed E-state index contributed by atoms with van der Waals surface area (Å²) < 4.78 is 0. The smallest absolute Gasteiger partial charge is 0.267 e. The first kappa shape index (κ1) is 20.4. The summed E-state index contributed by atoms with van der Waals surface area (Å²) >= 11 is 0. The van der Waals surface area contributed by atoms with Crippen LogP contribution in [-0.4, -0.2) is 59.0 Å². The highest BCUT2D eigenvalue weighted by Gasteiger charge is 2.27. The normalized spacial score (nSPS) is 24.8. The van der Waals surface area contributed by atoms with E-state index < -0.39 is 5.91 Å². The van der Waals surface area contributed by atoms with Crippen molar-refractivity contribution in [3.05, 3.63) is 11.8 Å². The first-order valence-corrected chi connectivity index (χ1v) is 11.6. The van der Waals surface area contributed by atoms with Crippen LogP contribution in [0.15, 0.2) is 6.07 Å². The molecule has 3 aliphatic rings. The molecule has 160 valence electrons. The van der Waals surface area contributed by atoms with Gasteiger partial charge in [-0.2, -0.15) is 4.98 Å². The lowest BCUT2D eigenvalue weighted by Gasteiger charge is -2.40. The fourth-order valence-corrected chi connectivity index (χ4v) is 5.17. The van der Waals surface area contributed by atoms with Gasteiger partial charge in [0.05, 0.1) is 0 Å². The lowest BCUT2D eigenvalue weighted by atomic mass is 9.92. The SMILES string of the molecule is NC(=O)c1cc(N2CCCCCC2)nc(NC2CCCN(C3CCCCC3)C2)n1. The number of nitrogens with one attached hydrogen (secondary N) is 1. The highest BCUT2D eigenvalue weighted by molar-refractivity contribution is 5.91. The third kappa shape index (κ3) is 5.38. The molecule has 2 saturated heterocycles. The van der Waals surface area contributed by atoms with Crippen LogP contribution in [0.4, 0.5) is 11.8 Å². The molecule has 0 spiro atoms. The van der Waals surface area contributed by atoms with Gasteiger partial charge in [0.1, 0.15) is 11.5 Å². The molecule has 0 aromatic carbocycles. The van der Waals surface area contributed by atoms with Crippen molar-refractivity contribution in [3.8, 4) is 0 Å². The maximum absolute atomic E-state index is 11.9. The van der Waals surface area contributed by atoms with Crippen molar-refractivity contribution < 1.29 is 4.79 Å². The van der Waals surface area contributed by atoms with E-state index in [0.717, 1.165) is 50.8 Å². The fraction of sp³-hybridized carbons (Fsp3) is 0.773. The molecule has 2 aliphatic heterocycles. The van der Waals surface area contributed by atoms with E-state index in [0.29, 0.717) is 17.7 Å². The summed E-state index contributed by atoms with van der Waals surface area (Å²) in [5.74, 6) is 0.896. The summed E-state index contributed by atoms with van der Waals surface area (Å²) in [7, 11) is 0. The number of rotatable bonds is 5. The quantitative estimate of drug-likeness (QED) is 0.789. The zero-order chi connectivity index (χ0) is 20.1. The first-order chi connectivity index (χ1) is 14.2.